The van der Waals surface area contributed by atoms with Crippen LogP contribution in [0.15, 0.2) is 24.3 Å². The van der Waals surface area contributed by atoms with Crippen molar-refractivity contribution in [1.29, 1.82) is 0 Å². The summed E-state index contributed by atoms with van der Waals surface area (Å²) in [6.45, 7) is 1.89. The monoisotopic (exact) mass is 325 g/mol. The number of rotatable bonds is 4. The van der Waals surface area contributed by atoms with E-state index in [1.807, 2.05) is 6.92 Å². The van der Waals surface area contributed by atoms with Crippen LogP contribution >= 0.6 is 22.9 Å². The first-order chi connectivity index (χ1) is 9.92. The van der Waals surface area contributed by atoms with E-state index in [2.05, 4.69) is 5.32 Å². The topological polar surface area (TPSA) is 86.6 Å². The van der Waals surface area contributed by atoms with E-state index in [0.717, 1.165) is 4.88 Å². The summed E-state index contributed by atoms with van der Waals surface area (Å²) in [6.07, 6.45) is 0.670. The number of nitrogens with one attached hydrogen (secondary N) is 1. The average Bonchev–Trinajstić information content (AvgIpc) is 2.84. The van der Waals surface area contributed by atoms with E-state index in [1.165, 1.54) is 35.6 Å². The maximum Gasteiger partial charge on any atom is 0.338 e. The molecule has 1 heterocycles. The molecular weight excluding hydrogens is 314 g/mol. The molecule has 0 atom stereocenters. The number of phenolic OH excluding ortho intramolecular Hbond substituents is 1. The Morgan fingerprint density at radius 3 is 2.62 bits per heavy atom. The van der Waals surface area contributed by atoms with Crippen molar-refractivity contribution in [2.75, 3.05) is 5.32 Å². The second kappa shape index (κ2) is 6.15. The number of benzene rings is 1. The standard InChI is InChI=1S/C14H12ClNO4S/c1-2-8-6-10(14(19)20)13(21-8)16-12(18)9-5-7(15)3-4-11(9)17/h3-6,17H,2H2,1H3,(H,16,18)(H,19,20). The van der Waals surface area contributed by atoms with E-state index >= 15 is 0 Å². The molecule has 2 rings (SSSR count). The Kier molecular flexibility index (Phi) is 4.50. The molecule has 7 heteroatoms. The number of aromatic carboxylic acids is 1. The van der Waals surface area contributed by atoms with Crippen LogP contribution in [0.2, 0.25) is 5.02 Å². The molecule has 0 spiro atoms. The maximum atomic E-state index is 12.1. The molecule has 0 fully saturated rings. The lowest BCUT2D eigenvalue weighted by Gasteiger charge is -2.06. The van der Waals surface area contributed by atoms with E-state index in [1.54, 1.807) is 0 Å². The summed E-state index contributed by atoms with van der Waals surface area (Å²) < 4.78 is 0. The number of carbonyl (C=O) groups is 2. The van der Waals surface area contributed by atoms with E-state index in [-0.39, 0.29) is 21.9 Å². The van der Waals surface area contributed by atoms with Crippen molar-refractivity contribution < 1.29 is 19.8 Å². The highest BCUT2D eigenvalue weighted by atomic mass is 35.5. The number of amides is 1. The number of anilines is 1. The van der Waals surface area contributed by atoms with Gasteiger partial charge in [0.15, 0.2) is 0 Å². The van der Waals surface area contributed by atoms with Gasteiger partial charge in [-0.3, -0.25) is 4.79 Å². The van der Waals surface area contributed by atoms with Crippen molar-refractivity contribution in [3.05, 3.63) is 45.3 Å². The molecule has 0 saturated carbocycles. The molecule has 1 amide bonds. The highest BCUT2D eigenvalue weighted by Gasteiger charge is 2.19. The normalized spacial score (nSPS) is 10.4. The zero-order valence-electron chi connectivity index (χ0n) is 11.0. The van der Waals surface area contributed by atoms with Crippen LogP contribution in [0.1, 0.15) is 32.5 Å². The average molecular weight is 326 g/mol. The fourth-order valence-electron chi connectivity index (χ4n) is 1.73. The van der Waals surface area contributed by atoms with Gasteiger partial charge in [0, 0.05) is 9.90 Å². The number of aryl methyl sites for hydroxylation is 1. The minimum atomic E-state index is -1.11. The molecule has 0 aliphatic heterocycles. The number of hydrogen-bond donors (Lipinski definition) is 3. The zero-order valence-corrected chi connectivity index (χ0v) is 12.6. The van der Waals surface area contributed by atoms with Crippen molar-refractivity contribution in [3.63, 3.8) is 0 Å². The number of carboxylic acid groups (broad SMARTS) is 1. The van der Waals surface area contributed by atoms with Gasteiger partial charge in [0.25, 0.3) is 5.91 Å². The van der Waals surface area contributed by atoms with Crippen molar-refractivity contribution >= 4 is 39.8 Å². The lowest BCUT2D eigenvalue weighted by Crippen LogP contribution is -2.13. The quantitative estimate of drug-likeness (QED) is 0.801. The molecule has 2 aromatic rings. The number of carboxylic acids is 1. The summed E-state index contributed by atoms with van der Waals surface area (Å²) >= 11 is 6.98. The highest BCUT2D eigenvalue weighted by Crippen LogP contribution is 2.30. The van der Waals surface area contributed by atoms with Crippen LogP contribution in [-0.2, 0) is 6.42 Å². The van der Waals surface area contributed by atoms with Gasteiger partial charge in [-0.2, -0.15) is 0 Å². The Hall–Kier alpha value is -2.05. The maximum absolute atomic E-state index is 12.1. The molecule has 110 valence electrons. The number of aromatic hydroxyl groups is 1. The van der Waals surface area contributed by atoms with Gasteiger partial charge in [-0.05, 0) is 30.7 Å². The number of phenols is 1. The largest absolute Gasteiger partial charge is 0.507 e. The Balaban J connectivity index is 2.33. The smallest absolute Gasteiger partial charge is 0.338 e. The Labute approximate surface area is 129 Å². The Morgan fingerprint density at radius 2 is 2.00 bits per heavy atom. The molecule has 0 bridgehead atoms. The zero-order chi connectivity index (χ0) is 15.6. The van der Waals surface area contributed by atoms with Gasteiger partial charge < -0.3 is 15.5 Å². The van der Waals surface area contributed by atoms with Gasteiger partial charge in [0.2, 0.25) is 0 Å². The fourth-order valence-corrected chi connectivity index (χ4v) is 2.88. The summed E-state index contributed by atoms with van der Waals surface area (Å²) in [5.41, 5.74) is 0.0250. The number of thiophene rings is 1. The second-order valence-electron chi connectivity index (χ2n) is 4.23. The van der Waals surface area contributed by atoms with Crippen LogP contribution in [0.4, 0.5) is 5.00 Å². The minimum Gasteiger partial charge on any atom is -0.507 e. The molecule has 0 aliphatic rings. The number of halogens is 1. The summed E-state index contributed by atoms with van der Waals surface area (Å²) in [5.74, 6) is -1.94. The van der Waals surface area contributed by atoms with Crippen LogP contribution in [-0.4, -0.2) is 22.1 Å². The lowest BCUT2D eigenvalue weighted by atomic mass is 10.2. The number of carbonyl (C=O) groups excluding carboxylic acids is 1. The first-order valence-corrected chi connectivity index (χ1v) is 7.27. The minimum absolute atomic E-state index is 0.00899. The molecule has 1 aromatic carbocycles. The molecule has 21 heavy (non-hydrogen) atoms. The van der Waals surface area contributed by atoms with Crippen LogP contribution in [0.5, 0.6) is 5.75 Å². The van der Waals surface area contributed by atoms with Crippen molar-refractivity contribution in [2.24, 2.45) is 0 Å². The fraction of sp³-hybridized carbons (Fsp3) is 0.143. The molecule has 3 N–H and O–H groups in total. The van der Waals surface area contributed by atoms with Crippen molar-refractivity contribution in [2.45, 2.75) is 13.3 Å². The summed E-state index contributed by atoms with van der Waals surface area (Å²) in [6, 6.07) is 5.61. The third-order valence-corrected chi connectivity index (χ3v) is 4.22. The predicted molar refractivity (Wildman–Crippen MR) is 81.7 cm³/mol. The number of hydrogen-bond acceptors (Lipinski definition) is 4. The Bertz CT molecular complexity index is 711. The van der Waals surface area contributed by atoms with Crippen LogP contribution in [0.25, 0.3) is 0 Å². The molecule has 5 nitrogen and oxygen atoms in total. The molecule has 0 saturated heterocycles. The summed E-state index contributed by atoms with van der Waals surface area (Å²) in [5, 5.41) is 21.9. The van der Waals surface area contributed by atoms with Crippen LogP contribution in [0.3, 0.4) is 0 Å². The highest BCUT2D eigenvalue weighted by molar-refractivity contribution is 7.16. The van der Waals surface area contributed by atoms with Gasteiger partial charge in [-0.15, -0.1) is 11.3 Å². The first kappa shape index (κ1) is 15.3. The van der Waals surface area contributed by atoms with E-state index in [9.17, 15) is 14.7 Å². The van der Waals surface area contributed by atoms with Crippen LogP contribution in [0, 0.1) is 0 Å². The van der Waals surface area contributed by atoms with Gasteiger partial charge in [-0.1, -0.05) is 18.5 Å². The first-order valence-electron chi connectivity index (χ1n) is 6.08. The van der Waals surface area contributed by atoms with E-state index in [0.29, 0.717) is 11.4 Å². The second-order valence-corrected chi connectivity index (χ2v) is 5.80. The van der Waals surface area contributed by atoms with Crippen molar-refractivity contribution in [1.82, 2.24) is 0 Å². The molecule has 0 aliphatic carbocycles. The molecular formula is C14H12ClNO4S. The third kappa shape index (κ3) is 3.34. The van der Waals surface area contributed by atoms with Crippen molar-refractivity contribution in [3.8, 4) is 5.75 Å². The van der Waals surface area contributed by atoms with E-state index < -0.39 is 11.9 Å². The Morgan fingerprint density at radius 1 is 1.29 bits per heavy atom. The van der Waals surface area contributed by atoms with Crippen LogP contribution < -0.4 is 5.32 Å². The van der Waals surface area contributed by atoms with E-state index in [4.69, 9.17) is 16.7 Å². The lowest BCUT2D eigenvalue weighted by molar-refractivity contribution is 0.0698. The van der Waals surface area contributed by atoms with Gasteiger partial charge in [-0.25, -0.2) is 4.79 Å². The molecule has 0 unspecified atom stereocenters. The summed E-state index contributed by atoms with van der Waals surface area (Å²) in [4.78, 5) is 24.2. The predicted octanol–water partition coefficient (Wildman–Crippen LogP) is 3.62. The summed E-state index contributed by atoms with van der Waals surface area (Å²) in [7, 11) is 0. The van der Waals surface area contributed by atoms with Gasteiger partial charge in [0.1, 0.15) is 10.8 Å². The third-order valence-electron chi connectivity index (χ3n) is 2.79. The SMILES string of the molecule is CCc1cc(C(=O)O)c(NC(=O)c2cc(Cl)ccc2O)s1. The van der Waals surface area contributed by atoms with Gasteiger partial charge in [0.05, 0.1) is 11.1 Å². The molecule has 1 aromatic heterocycles. The molecule has 0 radical (unpaired) electrons. The van der Waals surface area contributed by atoms with Gasteiger partial charge >= 0.3 is 5.97 Å².